The summed E-state index contributed by atoms with van der Waals surface area (Å²) >= 11 is 12.9. The van der Waals surface area contributed by atoms with Gasteiger partial charge >= 0.3 is 0 Å². The summed E-state index contributed by atoms with van der Waals surface area (Å²) in [5.74, 6) is 0.598. The smallest absolute Gasteiger partial charge is 0.108 e. The lowest BCUT2D eigenvalue weighted by molar-refractivity contribution is -0.103. The molecular formula is C27H40Cl2N4O. The standard InChI is InChI=1S/C27H40Cl2N4O/c1-27(2,3)24-18-32(14-15-33(24)25(34)16-19-9-12-30-13-10-19)26(23-6-4-5-11-31-23)20-7-8-21(28)22(29)17-20/h4-8,11,19,22,24-26,30,34H,9-10,12-18H2,1-3H3/t22?,24-,25?,26?/m1/s1. The van der Waals surface area contributed by atoms with Crippen molar-refractivity contribution in [2.45, 2.75) is 70.1 Å². The predicted molar refractivity (Wildman–Crippen MR) is 141 cm³/mol. The lowest BCUT2D eigenvalue weighted by atomic mass is 9.82. The highest BCUT2D eigenvalue weighted by Gasteiger charge is 2.42. The third-order valence-electron chi connectivity index (χ3n) is 7.69. The van der Waals surface area contributed by atoms with E-state index in [0.29, 0.717) is 11.0 Å². The number of aliphatic hydroxyl groups is 1. The Labute approximate surface area is 215 Å². The van der Waals surface area contributed by atoms with Gasteiger partial charge in [0.05, 0.1) is 17.1 Å². The zero-order valence-corrected chi connectivity index (χ0v) is 22.3. The SMILES string of the molecule is CC(C)(C)[C@H]1CN(C(C2=CC=C(Cl)C(Cl)C2)c2ccccn2)CCN1C(O)CC1CCNCC1. The van der Waals surface area contributed by atoms with Crippen molar-refractivity contribution >= 4 is 23.2 Å². The molecule has 2 N–H and O–H groups in total. The Morgan fingerprint density at radius 3 is 2.59 bits per heavy atom. The van der Waals surface area contributed by atoms with E-state index in [2.05, 4.69) is 54.1 Å². The molecule has 0 spiro atoms. The number of aliphatic hydroxyl groups excluding tert-OH is 1. The first-order valence-electron chi connectivity index (χ1n) is 12.7. The number of allylic oxidation sites excluding steroid dienone is 3. The van der Waals surface area contributed by atoms with Crippen LogP contribution in [0.3, 0.4) is 0 Å². The van der Waals surface area contributed by atoms with Crippen LogP contribution >= 0.6 is 23.2 Å². The average Bonchev–Trinajstić information content (AvgIpc) is 2.82. The van der Waals surface area contributed by atoms with E-state index in [1.54, 1.807) is 0 Å². The molecule has 3 unspecified atom stereocenters. The second kappa shape index (κ2) is 11.4. The summed E-state index contributed by atoms with van der Waals surface area (Å²) in [6.07, 6.45) is 9.43. The second-order valence-corrected chi connectivity index (χ2v) is 12.1. The molecule has 0 radical (unpaired) electrons. The van der Waals surface area contributed by atoms with Crippen molar-refractivity contribution in [2.24, 2.45) is 11.3 Å². The van der Waals surface area contributed by atoms with Crippen molar-refractivity contribution < 1.29 is 5.11 Å². The van der Waals surface area contributed by atoms with Gasteiger partial charge in [0.15, 0.2) is 0 Å². The molecule has 0 amide bonds. The van der Waals surface area contributed by atoms with Crippen LogP contribution in [0.1, 0.15) is 58.2 Å². The zero-order chi connectivity index (χ0) is 24.3. The summed E-state index contributed by atoms with van der Waals surface area (Å²) < 4.78 is 0. The number of piperazine rings is 1. The fourth-order valence-corrected chi connectivity index (χ4v) is 6.14. The molecule has 4 rings (SSSR count). The highest BCUT2D eigenvalue weighted by Crippen LogP contribution is 2.40. The highest BCUT2D eigenvalue weighted by molar-refractivity contribution is 6.37. The number of hydrogen-bond donors (Lipinski definition) is 2. The van der Waals surface area contributed by atoms with Crippen molar-refractivity contribution in [1.29, 1.82) is 0 Å². The lowest BCUT2D eigenvalue weighted by Crippen LogP contribution is -2.61. The molecule has 3 aliphatic rings. The van der Waals surface area contributed by atoms with Crippen molar-refractivity contribution in [1.82, 2.24) is 20.1 Å². The maximum atomic E-state index is 11.3. The Bertz CT molecular complexity index is 863. The number of aromatic nitrogens is 1. The van der Waals surface area contributed by atoms with Crippen LogP contribution in [0.4, 0.5) is 0 Å². The number of rotatable bonds is 6. The van der Waals surface area contributed by atoms with Gasteiger partial charge in [-0.25, -0.2) is 0 Å². The Morgan fingerprint density at radius 2 is 1.94 bits per heavy atom. The molecule has 1 aromatic rings. The minimum absolute atomic E-state index is 0.0294. The number of piperidine rings is 1. The summed E-state index contributed by atoms with van der Waals surface area (Å²) in [6.45, 7) is 11.6. The Kier molecular flexibility index (Phi) is 8.76. The lowest BCUT2D eigenvalue weighted by Gasteiger charge is -2.51. The molecule has 2 fully saturated rings. The first-order chi connectivity index (χ1) is 16.2. The van der Waals surface area contributed by atoms with Crippen LogP contribution in [0.2, 0.25) is 0 Å². The molecular weight excluding hydrogens is 467 g/mol. The summed E-state index contributed by atoms with van der Waals surface area (Å²) in [5.41, 5.74) is 2.32. The van der Waals surface area contributed by atoms with Crippen LogP contribution in [0.5, 0.6) is 0 Å². The van der Waals surface area contributed by atoms with Gasteiger partial charge in [0, 0.05) is 36.9 Å². The van der Waals surface area contributed by atoms with Crippen LogP contribution in [-0.4, -0.2) is 70.3 Å². The number of nitrogens with one attached hydrogen (secondary N) is 1. The van der Waals surface area contributed by atoms with Gasteiger partial charge in [-0.15, -0.1) is 11.6 Å². The second-order valence-electron chi connectivity index (χ2n) is 11.1. The molecule has 7 heteroatoms. The molecule has 4 atom stereocenters. The van der Waals surface area contributed by atoms with Gasteiger partial charge in [-0.1, -0.05) is 44.5 Å². The van der Waals surface area contributed by atoms with E-state index in [0.717, 1.165) is 64.1 Å². The van der Waals surface area contributed by atoms with Crippen LogP contribution in [0, 0.1) is 11.3 Å². The fourth-order valence-electron chi connectivity index (χ4n) is 5.75. The van der Waals surface area contributed by atoms with E-state index in [1.165, 1.54) is 5.57 Å². The Morgan fingerprint density at radius 1 is 1.18 bits per heavy atom. The molecule has 34 heavy (non-hydrogen) atoms. The minimum atomic E-state index is -0.398. The molecule has 2 aliphatic heterocycles. The summed E-state index contributed by atoms with van der Waals surface area (Å²) in [7, 11) is 0. The summed E-state index contributed by atoms with van der Waals surface area (Å²) in [5, 5.41) is 15.3. The van der Waals surface area contributed by atoms with Gasteiger partial charge < -0.3 is 10.4 Å². The molecule has 1 aromatic heterocycles. The molecule has 2 saturated heterocycles. The van der Waals surface area contributed by atoms with Crippen molar-refractivity contribution in [3.8, 4) is 0 Å². The number of alkyl halides is 1. The van der Waals surface area contributed by atoms with E-state index in [9.17, 15) is 5.11 Å². The van der Waals surface area contributed by atoms with Crippen molar-refractivity contribution in [3.05, 3.63) is 52.8 Å². The van der Waals surface area contributed by atoms with Crippen LogP contribution in [0.25, 0.3) is 0 Å². The van der Waals surface area contributed by atoms with Gasteiger partial charge in [0.1, 0.15) is 6.23 Å². The monoisotopic (exact) mass is 506 g/mol. The van der Waals surface area contributed by atoms with E-state index < -0.39 is 6.23 Å². The van der Waals surface area contributed by atoms with Gasteiger partial charge in [-0.05, 0) is 73.9 Å². The fraction of sp³-hybridized carbons (Fsp3) is 0.667. The quantitative estimate of drug-likeness (QED) is 0.536. The van der Waals surface area contributed by atoms with Crippen LogP contribution < -0.4 is 5.32 Å². The summed E-state index contributed by atoms with van der Waals surface area (Å²) in [6, 6.07) is 6.42. The maximum absolute atomic E-state index is 11.3. The molecule has 0 bridgehead atoms. The van der Waals surface area contributed by atoms with Gasteiger partial charge in [0.2, 0.25) is 0 Å². The topological polar surface area (TPSA) is 51.6 Å². The van der Waals surface area contributed by atoms with Gasteiger partial charge in [-0.2, -0.15) is 0 Å². The number of pyridine rings is 1. The van der Waals surface area contributed by atoms with E-state index >= 15 is 0 Å². The molecule has 3 heterocycles. The first kappa shape index (κ1) is 26.1. The van der Waals surface area contributed by atoms with Crippen molar-refractivity contribution in [2.75, 3.05) is 32.7 Å². The number of hydrogen-bond acceptors (Lipinski definition) is 5. The highest BCUT2D eigenvalue weighted by atomic mass is 35.5. The van der Waals surface area contributed by atoms with E-state index in [-0.39, 0.29) is 22.9 Å². The van der Waals surface area contributed by atoms with Crippen molar-refractivity contribution in [3.63, 3.8) is 0 Å². The number of nitrogens with zero attached hydrogens (tertiary/aromatic N) is 3. The normalized spacial score (nSPS) is 27.7. The number of halogens is 2. The van der Waals surface area contributed by atoms with E-state index in [4.69, 9.17) is 28.2 Å². The summed E-state index contributed by atoms with van der Waals surface area (Å²) in [4.78, 5) is 9.65. The molecule has 188 valence electrons. The zero-order valence-electron chi connectivity index (χ0n) is 20.8. The van der Waals surface area contributed by atoms with Gasteiger partial charge in [-0.3, -0.25) is 14.8 Å². The van der Waals surface area contributed by atoms with E-state index in [1.807, 2.05) is 18.3 Å². The van der Waals surface area contributed by atoms with Crippen LogP contribution in [-0.2, 0) is 0 Å². The average molecular weight is 508 g/mol. The predicted octanol–water partition coefficient (Wildman–Crippen LogP) is 4.92. The Hall–Kier alpha value is -0.950. The minimum Gasteiger partial charge on any atom is -0.378 e. The molecule has 0 saturated carbocycles. The largest absolute Gasteiger partial charge is 0.378 e. The van der Waals surface area contributed by atoms with Crippen LogP contribution in [0.15, 0.2) is 47.2 Å². The third-order valence-corrected chi connectivity index (χ3v) is 8.58. The Balaban J connectivity index is 1.57. The molecule has 1 aliphatic carbocycles. The third kappa shape index (κ3) is 6.24. The maximum Gasteiger partial charge on any atom is 0.108 e. The van der Waals surface area contributed by atoms with Gasteiger partial charge in [0.25, 0.3) is 0 Å². The molecule has 0 aromatic carbocycles. The first-order valence-corrected chi connectivity index (χ1v) is 13.5. The molecule has 5 nitrogen and oxygen atoms in total.